The van der Waals surface area contributed by atoms with Gasteiger partial charge in [-0.05, 0) is 44.2 Å². The first-order chi connectivity index (χ1) is 9.54. The number of ether oxygens (including phenoxy) is 1. The molecule has 1 atom stereocenters. The SMILES string of the molecule is COc1cccc(N(CCC(C)C)C2CC2)c1[C@H](C)O. The fourth-order valence-electron chi connectivity index (χ4n) is 2.66. The number of anilines is 1. The van der Waals surface area contributed by atoms with Gasteiger partial charge in [0.1, 0.15) is 5.75 Å². The van der Waals surface area contributed by atoms with E-state index in [1.165, 1.54) is 19.3 Å². The zero-order chi connectivity index (χ0) is 14.7. The molecule has 1 N–H and O–H groups in total. The van der Waals surface area contributed by atoms with Gasteiger partial charge < -0.3 is 14.7 Å². The molecule has 0 saturated heterocycles. The van der Waals surface area contributed by atoms with Crippen LogP contribution in [0.2, 0.25) is 0 Å². The first kappa shape index (κ1) is 15.2. The Hall–Kier alpha value is -1.22. The van der Waals surface area contributed by atoms with Crippen LogP contribution in [-0.2, 0) is 0 Å². The molecule has 1 aliphatic rings. The molecule has 0 bridgehead atoms. The molecule has 2 rings (SSSR count). The fourth-order valence-corrected chi connectivity index (χ4v) is 2.66. The van der Waals surface area contributed by atoms with Crippen molar-refractivity contribution in [2.24, 2.45) is 5.92 Å². The van der Waals surface area contributed by atoms with Crippen LogP contribution in [-0.4, -0.2) is 24.8 Å². The fraction of sp³-hybridized carbons (Fsp3) is 0.647. The molecule has 3 heteroatoms. The molecule has 1 aromatic carbocycles. The molecule has 20 heavy (non-hydrogen) atoms. The molecular formula is C17H27NO2. The molecule has 3 nitrogen and oxygen atoms in total. The van der Waals surface area contributed by atoms with Gasteiger partial charge in [0, 0.05) is 23.8 Å². The zero-order valence-electron chi connectivity index (χ0n) is 13.1. The maximum atomic E-state index is 10.1. The van der Waals surface area contributed by atoms with Crippen LogP contribution >= 0.6 is 0 Å². The lowest BCUT2D eigenvalue weighted by molar-refractivity contribution is 0.194. The summed E-state index contributed by atoms with van der Waals surface area (Å²) in [5, 5.41) is 10.1. The van der Waals surface area contributed by atoms with Gasteiger partial charge in [0.15, 0.2) is 0 Å². The van der Waals surface area contributed by atoms with E-state index in [4.69, 9.17) is 4.74 Å². The molecule has 0 aliphatic heterocycles. The summed E-state index contributed by atoms with van der Waals surface area (Å²) in [7, 11) is 1.67. The van der Waals surface area contributed by atoms with Gasteiger partial charge in [-0.3, -0.25) is 0 Å². The predicted molar refractivity (Wildman–Crippen MR) is 83.5 cm³/mol. The Morgan fingerprint density at radius 2 is 2.00 bits per heavy atom. The number of nitrogens with zero attached hydrogens (tertiary/aromatic N) is 1. The van der Waals surface area contributed by atoms with Crippen LogP contribution < -0.4 is 9.64 Å². The van der Waals surface area contributed by atoms with Crippen molar-refractivity contribution in [3.63, 3.8) is 0 Å². The molecule has 1 aliphatic carbocycles. The molecule has 0 unspecified atom stereocenters. The number of hydrogen-bond acceptors (Lipinski definition) is 3. The molecule has 0 heterocycles. The molecule has 0 amide bonds. The number of aliphatic hydroxyl groups excluding tert-OH is 1. The largest absolute Gasteiger partial charge is 0.496 e. The summed E-state index contributed by atoms with van der Waals surface area (Å²) < 4.78 is 5.44. The average Bonchev–Trinajstić information content (AvgIpc) is 3.22. The summed E-state index contributed by atoms with van der Waals surface area (Å²) in [5.74, 6) is 1.48. The maximum absolute atomic E-state index is 10.1. The number of hydrogen-bond donors (Lipinski definition) is 1. The van der Waals surface area contributed by atoms with Crippen molar-refractivity contribution in [1.29, 1.82) is 0 Å². The van der Waals surface area contributed by atoms with E-state index in [0.717, 1.165) is 23.5 Å². The minimum Gasteiger partial charge on any atom is -0.496 e. The van der Waals surface area contributed by atoms with Crippen molar-refractivity contribution in [2.45, 2.75) is 52.2 Å². The highest BCUT2D eigenvalue weighted by atomic mass is 16.5. The van der Waals surface area contributed by atoms with Crippen molar-refractivity contribution in [2.75, 3.05) is 18.6 Å². The lowest BCUT2D eigenvalue weighted by Gasteiger charge is -2.29. The van der Waals surface area contributed by atoms with Crippen LogP contribution in [0.15, 0.2) is 18.2 Å². The molecule has 0 aromatic heterocycles. The summed E-state index contributed by atoms with van der Waals surface area (Å²) in [5.41, 5.74) is 2.06. The molecule has 1 saturated carbocycles. The van der Waals surface area contributed by atoms with Gasteiger partial charge in [-0.25, -0.2) is 0 Å². The number of methoxy groups -OCH3 is 1. The second kappa shape index (κ2) is 6.49. The third-order valence-electron chi connectivity index (χ3n) is 3.93. The summed E-state index contributed by atoms with van der Waals surface area (Å²) in [6, 6.07) is 6.70. The third-order valence-corrected chi connectivity index (χ3v) is 3.93. The molecule has 0 spiro atoms. The Kier molecular flexibility index (Phi) is 4.92. The van der Waals surface area contributed by atoms with Gasteiger partial charge >= 0.3 is 0 Å². The van der Waals surface area contributed by atoms with Gasteiger partial charge in [-0.15, -0.1) is 0 Å². The summed E-state index contributed by atoms with van der Waals surface area (Å²) in [4.78, 5) is 2.46. The smallest absolute Gasteiger partial charge is 0.126 e. The molecule has 112 valence electrons. The number of aliphatic hydroxyl groups is 1. The minimum absolute atomic E-state index is 0.513. The normalized spacial score (nSPS) is 16.3. The van der Waals surface area contributed by atoms with Crippen LogP contribution in [0, 0.1) is 5.92 Å². The Balaban J connectivity index is 2.32. The predicted octanol–water partition coefficient (Wildman–Crippen LogP) is 3.76. The van der Waals surface area contributed by atoms with E-state index in [2.05, 4.69) is 24.8 Å². The topological polar surface area (TPSA) is 32.7 Å². The Bertz CT molecular complexity index is 439. The highest BCUT2D eigenvalue weighted by Gasteiger charge is 2.31. The highest BCUT2D eigenvalue weighted by molar-refractivity contribution is 5.61. The minimum atomic E-state index is -0.513. The second-order valence-electron chi connectivity index (χ2n) is 6.18. The third kappa shape index (κ3) is 3.45. The average molecular weight is 277 g/mol. The van der Waals surface area contributed by atoms with Gasteiger partial charge in [0.05, 0.1) is 13.2 Å². The molecular weight excluding hydrogens is 250 g/mol. The molecule has 0 radical (unpaired) electrons. The van der Waals surface area contributed by atoms with E-state index in [-0.39, 0.29) is 0 Å². The quantitative estimate of drug-likeness (QED) is 0.823. The Morgan fingerprint density at radius 1 is 1.30 bits per heavy atom. The van der Waals surface area contributed by atoms with Crippen molar-refractivity contribution >= 4 is 5.69 Å². The van der Waals surface area contributed by atoms with Crippen molar-refractivity contribution in [3.05, 3.63) is 23.8 Å². The van der Waals surface area contributed by atoms with Gasteiger partial charge in [-0.2, -0.15) is 0 Å². The van der Waals surface area contributed by atoms with E-state index >= 15 is 0 Å². The molecule has 1 fully saturated rings. The summed E-state index contributed by atoms with van der Waals surface area (Å²) >= 11 is 0. The lowest BCUT2D eigenvalue weighted by Crippen LogP contribution is -2.29. The monoisotopic (exact) mass is 277 g/mol. The highest BCUT2D eigenvalue weighted by Crippen LogP contribution is 2.40. The Labute approximate surface area is 122 Å². The van der Waals surface area contributed by atoms with E-state index in [1.807, 2.05) is 19.1 Å². The summed E-state index contributed by atoms with van der Waals surface area (Å²) in [6.07, 6.45) is 3.18. The van der Waals surface area contributed by atoms with Crippen molar-refractivity contribution in [3.8, 4) is 5.75 Å². The summed E-state index contributed by atoms with van der Waals surface area (Å²) in [6.45, 7) is 7.38. The van der Waals surface area contributed by atoms with Gasteiger partial charge in [-0.1, -0.05) is 19.9 Å². The van der Waals surface area contributed by atoms with E-state index in [0.29, 0.717) is 12.0 Å². The van der Waals surface area contributed by atoms with Crippen LogP contribution in [0.1, 0.15) is 51.7 Å². The van der Waals surface area contributed by atoms with Crippen LogP contribution in [0.5, 0.6) is 5.75 Å². The molecule has 1 aromatic rings. The van der Waals surface area contributed by atoms with E-state index in [9.17, 15) is 5.11 Å². The Morgan fingerprint density at radius 3 is 2.50 bits per heavy atom. The number of benzene rings is 1. The standard InChI is InChI=1S/C17H27NO2/c1-12(2)10-11-18(14-8-9-14)15-6-5-7-16(20-4)17(15)13(3)19/h5-7,12-14,19H,8-11H2,1-4H3/t13-/m0/s1. The first-order valence-corrected chi connectivity index (χ1v) is 7.66. The van der Waals surface area contributed by atoms with E-state index < -0.39 is 6.10 Å². The van der Waals surface area contributed by atoms with E-state index in [1.54, 1.807) is 7.11 Å². The second-order valence-corrected chi connectivity index (χ2v) is 6.18. The van der Waals surface area contributed by atoms with Crippen LogP contribution in [0.25, 0.3) is 0 Å². The number of rotatable bonds is 7. The lowest BCUT2D eigenvalue weighted by atomic mass is 10.0. The van der Waals surface area contributed by atoms with Crippen LogP contribution in [0.4, 0.5) is 5.69 Å². The van der Waals surface area contributed by atoms with Crippen molar-refractivity contribution < 1.29 is 9.84 Å². The van der Waals surface area contributed by atoms with Gasteiger partial charge in [0.25, 0.3) is 0 Å². The van der Waals surface area contributed by atoms with Crippen LogP contribution in [0.3, 0.4) is 0 Å². The van der Waals surface area contributed by atoms with Gasteiger partial charge in [0.2, 0.25) is 0 Å². The maximum Gasteiger partial charge on any atom is 0.126 e. The first-order valence-electron chi connectivity index (χ1n) is 7.66. The van der Waals surface area contributed by atoms with Crippen molar-refractivity contribution in [1.82, 2.24) is 0 Å². The zero-order valence-corrected chi connectivity index (χ0v) is 13.1.